The van der Waals surface area contributed by atoms with Gasteiger partial charge in [0, 0.05) is 24.7 Å². The van der Waals surface area contributed by atoms with E-state index in [1.165, 1.54) is 22.0 Å². The summed E-state index contributed by atoms with van der Waals surface area (Å²) < 4.78 is 27.2. The van der Waals surface area contributed by atoms with Gasteiger partial charge in [0.25, 0.3) is 0 Å². The molecule has 1 saturated heterocycles. The van der Waals surface area contributed by atoms with E-state index in [9.17, 15) is 18.5 Å². The van der Waals surface area contributed by atoms with E-state index in [1.807, 2.05) is 30.3 Å². The second-order valence-corrected chi connectivity index (χ2v) is 10.5. The molecule has 0 saturated carbocycles. The van der Waals surface area contributed by atoms with Gasteiger partial charge >= 0.3 is 0 Å². The van der Waals surface area contributed by atoms with Crippen molar-refractivity contribution in [2.24, 2.45) is 5.92 Å². The van der Waals surface area contributed by atoms with Crippen LogP contribution in [-0.4, -0.2) is 31.7 Å². The molecule has 6 nitrogen and oxygen atoms in total. The molecule has 7 heteroatoms. The van der Waals surface area contributed by atoms with Crippen LogP contribution in [0.3, 0.4) is 0 Å². The van der Waals surface area contributed by atoms with Crippen molar-refractivity contribution in [1.29, 1.82) is 5.26 Å². The van der Waals surface area contributed by atoms with E-state index in [0.29, 0.717) is 12.8 Å². The zero-order chi connectivity index (χ0) is 21.9. The highest BCUT2D eigenvalue weighted by Gasteiger charge is 2.33. The number of rotatable bonds is 4. The standard InChI is InChI=1S/C23H27N3O3S/c1-23(2,3)19-8-10-20(11-9-19)25-22(27)17-12-14-26(15-13-17)30(28,29)21-7-5-4-6-18(21)16-24/h4-11,17H,12-15H2,1-3H3,(H,25,27). The first kappa shape index (κ1) is 22.0. The summed E-state index contributed by atoms with van der Waals surface area (Å²) in [6.07, 6.45) is 0.889. The molecule has 1 aliphatic rings. The van der Waals surface area contributed by atoms with E-state index in [4.69, 9.17) is 0 Å². The Morgan fingerprint density at radius 2 is 1.67 bits per heavy atom. The first-order chi connectivity index (χ1) is 14.1. The van der Waals surface area contributed by atoms with Crippen molar-refractivity contribution in [2.45, 2.75) is 43.9 Å². The largest absolute Gasteiger partial charge is 0.326 e. The lowest BCUT2D eigenvalue weighted by molar-refractivity contribution is -0.120. The molecule has 1 aliphatic heterocycles. The first-order valence-electron chi connectivity index (χ1n) is 10.0. The number of anilines is 1. The lowest BCUT2D eigenvalue weighted by Gasteiger charge is -2.30. The van der Waals surface area contributed by atoms with Gasteiger partial charge in [-0.1, -0.05) is 45.0 Å². The fraction of sp³-hybridized carbons (Fsp3) is 0.391. The minimum atomic E-state index is -3.75. The van der Waals surface area contributed by atoms with Crippen LogP contribution in [-0.2, 0) is 20.2 Å². The Morgan fingerprint density at radius 3 is 2.23 bits per heavy atom. The highest BCUT2D eigenvalue weighted by molar-refractivity contribution is 7.89. The number of benzene rings is 2. The van der Waals surface area contributed by atoms with Gasteiger partial charge < -0.3 is 5.32 Å². The summed E-state index contributed by atoms with van der Waals surface area (Å²) in [6, 6.07) is 16.0. The summed E-state index contributed by atoms with van der Waals surface area (Å²) >= 11 is 0. The van der Waals surface area contributed by atoms with Gasteiger partial charge in [-0.05, 0) is 48.1 Å². The van der Waals surface area contributed by atoms with Crippen LogP contribution in [0.4, 0.5) is 5.69 Å². The number of carbonyl (C=O) groups excluding carboxylic acids is 1. The molecule has 1 fully saturated rings. The third-order valence-electron chi connectivity index (χ3n) is 5.47. The van der Waals surface area contributed by atoms with Gasteiger partial charge in [-0.2, -0.15) is 9.57 Å². The van der Waals surface area contributed by atoms with Crippen molar-refractivity contribution in [1.82, 2.24) is 4.31 Å². The quantitative estimate of drug-likeness (QED) is 0.804. The maximum Gasteiger partial charge on any atom is 0.244 e. The third-order valence-corrected chi connectivity index (χ3v) is 7.43. The minimum absolute atomic E-state index is 0.0225. The maximum absolute atomic E-state index is 12.9. The summed E-state index contributed by atoms with van der Waals surface area (Å²) in [7, 11) is -3.75. The highest BCUT2D eigenvalue weighted by atomic mass is 32.2. The Balaban J connectivity index is 1.62. The highest BCUT2D eigenvalue weighted by Crippen LogP contribution is 2.27. The SMILES string of the molecule is CC(C)(C)c1ccc(NC(=O)C2CCN(S(=O)(=O)c3ccccc3C#N)CC2)cc1. The number of hydrogen-bond acceptors (Lipinski definition) is 4. The van der Waals surface area contributed by atoms with Crippen LogP contribution in [0, 0.1) is 17.2 Å². The van der Waals surface area contributed by atoms with Gasteiger partial charge in [-0.15, -0.1) is 0 Å². The first-order valence-corrected chi connectivity index (χ1v) is 11.5. The summed E-state index contributed by atoms with van der Waals surface area (Å²) in [6.45, 7) is 6.92. The number of piperidine rings is 1. The molecule has 0 atom stereocenters. The zero-order valence-corrected chi connectivity index (χ0v) is 18.4. The molecule has 0 aromatic heterocycles. The van der Waals surface area contributed by atoms with Crippen molar-refractivity contribution in [2.75, 3.05) is 18.4 Å². The molecule has 1 amide bonds. The molecule has 1 N–H and O–H groups in total. The van der Waals surface area contributed by atoms with Gasteiger partial charge in [-0.25, -0.2) is 8.42 Å². The molecule has 0 unspecified atom stereocenters. The molecule has 2 aromatic carbocycles. The molecule has 1 heterocycles. The second-order valence-electron chi connectivity index (χ2n) is 8.60. The molecule has 0 spiro atoms. The molecule has 30 heavy (non-hydrogen) atoms. The van der Waals surface area contributed by atoms with Crippen LogP contribution in [0.1, 0.15) is 44.7 Å². The number of hydrogen-bond donors (Lipinski definition) is 1. The molecule has 3 rings (SSSR count). The van der Waals surface area contributed by atoms with Crippen LogP contribution in [0.5, 0.6) is 0 Å². The number of nitriles is 1. The Morgan fingerprint density at radius 1 is 1.07 bits per heavy atom. The third kappa shape index (κ3) is 4.72. The number of carbonyl (C=O) groups is 1. The van der Waals surface area contributed by atoms with Gasteiger partial charge in [-0.3, -0.25) is 4.79 Å². The molecule has 158 valence electrons. The van der Waals surface area contributed by atoms with E-state index in [2.05, 4.69) is 26.1 Å². The maximum atomic E-state index is 12.9. The average Bonchev–Trinajstić information content (AvgIpc) is 2.73. The second kappa shape index (κ2) is 8.58. The average molecular weight is 426 g/mol. The van der Waals surface area contributed by atoms with Crippen molar-refractivity contribution in [3.05, 3.63) is 59.7 Å². The Kier molecular flexibility index (Phi) is 6.30. The van der Waals surface area contributed by atoms with Crippen LogP contribution in [0.15, 0.2) is 53.4 Å². The number of sulfonamides is 1. The molecule has 2 aromatic rings. The smallest absolute Gasteiger partial charge is 0.244 e. The van der Waals surface area contributed by atoms with Crippen molar-refractivity contribution < 1.29 is 13.2 Å². The van der Waals surface area contributed by atoms with Crippen LogP contribution in [0.25, 0.3) is 0 Å². The van der Waals surface area contributed by atoms with E-state index < -0.39 is 10.0 Å². The molecule has 0 bridgehead atoms. The zero-order valence-electron chi connectivity index (χ0n) is 17.6. The van der Waals surface area contributed by atoms with Crippen molar-refractivity contribution in [3.8, 4) is 6.07 Å². The Hall–Kier alpha value is -2.69. The van der Waals surface area contributed by atoms with E-state index >= 15 is 0 Å². The predicted octanol–water partition coefficient (Wildman–Crippen LogP) is 3.90. The summed E-state index contributed by atoms with van der Waals surface area (Å²) in [5, 5.41) is 12.2. The van der Waals surface area contributed by atoms with Crippen molar-refractivity contribution >= 4 is 21.6 Å². The van der Waals surface area contributed by atoms with Crippen LogP contribution >= 0.6 is 0 Å². The fourth-order valence-corrected chi connectivity index (χ4v) is 5.19. The van der Waals surface area contributed by atoms with Crippen LogP contribution in [0.2, 0.25) is 0 Å². The fourth-order valence-electron chi connectivity index (χ4n) is 3.58. The van der Waals surface area contributed by atoms with Gasteiger partial charge in [0.15, 0.2) is 0 Å². The predicted molar refractivity (Wildman–Crippen MR) is 116 cm³/mol. The lowest BCUT2D eigenvalue weighted by Crippen LogP contribution is -2.41. The van der Waals surface area contributed by atoms with E-state index in [1.54, 1.807) is 12.1 Å². The molecule has 0 aliphatic carbocycles. The molecular weight excluding hydrogens is 398 g/mol. The Labute approximate surface area is 178 Å². The van der Waals surface area contributed by atoms with Gasteiger partial charge in [0.05, 0.1) is 10.5 Å². The number of nitrogens with zero attached hydrogens (tertiary/aromatic N) is 2. The summed E-state index contributed by atoms with van der Waals surface area (Å²) in [5.74, 6) is -0.335. The number of amides is 1. The molecule has 0 radical (unpaired) electrons. The lowest BCUT2D eigenvalue weighted by atomic mass is 9.87. The van der Waals surface area contributed by atoms with E-state index in [-0.39, 0.29) is 40.8 Å². The normalized spacial score (nSPS) is 16.1. The van der Waals surface area contributed by atoms with Gasteiger partial charge in [0.1, 0.15) is 6.07 Å². The number of nitrogens with one attached hydrogen (secondary N) is 1. The topological polar surface area (TPSA) is 90.3 Å². The summed E-state index contributed by atoms with van der Waals surface area (Å²) in [4.78, 5) is 12.7. The van der Waals surface area contributed by atoms with Gasteiger partial charge in [0.2, 0.25) is 15.9 Å². The minimum Gasteiger partial charge on any atom is -0.326 e. The summed E-state index contributed by atoms with van der Waals surface area (Å²) in [5.41, 5.74) is 2.11. The monoisotopic (exact) mass is 425 g/mol. The van der Waals surface area contributed by atoms with E-state index in [0.717, 1.165) is 5.69 Å². The Bertz CT molecular complexity index is 1060. The van der Waals surface area contributed by atoms with Crippen LogP contribution < -0.4 is 5.32 Å². The molecular formula is C23H27N3O3S. The van der Waals surface area contributed by atoms with Crippen molar-refractivity contribution in [3.63, 3.8) is 0 Å².